The minimum atomic E-state index is 0.383. The third kappa shape index (κ3) is 4.35. The highest BCUT2D eigenvalue weighted by atomic mass is 16.5. The molecular formula is C22H23N5O. The van der Waals surface area contributed by atoms with Crippen molar-refractivity contribution in [3.8, 4) is 11.5 Å². The first-order valence-corrected chi connectivity index (χ1v) is 9.49. The molecule has 1 aromatic heterocycles. The number of benzene rings is 2. The lowest BCUT2D eigenvalue weighted by Crippen LogP contribution is -2.30. The Morgan fingerprint density at radius 3 is 2.64 bits per heavy atom. The summed E-state index contributed by atoms with van der Waals surface area (Å²) in [6.07, 6.45) is 5.57. The second-order valence-electron chi connectivity index (χ2n) is 6.77. The molecule has 28 heavy (non-hydrogen) atoms. The Kier molecular flexibility index (Phi) is 5.58. The number of aromatic nitrogens is 2. The number of ether oxygens (including phenoxy) is 1. The molecule has 0 amide bonds. The van der Waals surface area contributed by atoms with Crippen LogP contribution in [0.2, 0.25) is 0 Å². The number of para-hydroxylation sites is 1. The molecular weight excluding hydrogens is 350 g/mol. The summed E-state index contributed by atoms with van der Waals surface area (Å²) < 4.78 is 5.82. The lowest BCUT2D eigenvalue weighted by molar-refractivity contribution is 0.482. The third-order valence-electron chi connectivity index (χ3n) is 4.78. The van der Waals surface area contributed by atoms with E-state index in [2.05, 4.69) is 20.6 Å². The van der Waals surface area contributed by atoms with Crippen LogP contribution in [0, 0.1) is 5.41 Å². The van der Waals surface area contributed by atoms with Gasteiger partial charge >= 0.3 is 0 Å². The van der Waals surface area contributed by atoms with Gasteiger partial charge in [-0.3, -0.25) is 5.41 Å². The molecule has 0 aliphatic carbocycles. The van der Waals surface area contributed by atoms with Crippen LogP contribution in [0.4, 0.5) is 5.82 Å². The Bertz CT molecular complexity index is 921. The summed E-state index contributed by atoms with van der Waals surface area (Å²) in [4.78, 5) is 8.46. The molecule has 6 heteroatoms. The van der Waals surface area contributed by atoms with Crippen molar-refractivity contribution in [2.24, 2.45) is 0 Å². The second-order valence-corrected chi connectivity index (χ2v) is 6.77. The lowest BCUT2D eigenvalue weighted by Gasteiger charge is -2.15. The van der Waals surface area contributed by atoms with E-state index < -0.39 is 0 Å². The van der Waals surface area contributed by atoms with E-state index in [-0.39, 0.29) is 0 Å². The van der Waals surface area contributed by atoms with Crippen molar-refractivity contribution in [3.05, 3.63) is 78.2 Å². The first kappa shape index (κ1) is 18.1. The molecule has 2 heterocycles. The normalized spacial score (nSPS) is 15.9. The predicted octanol–water partition coefficient (Wildman–Crippen LogP) is 3.85. The van der Waals surface area contributed by atoms with Gasteiger partial charge in [0.15, 0.2) is 0 Å². The van der Waals surface area contributed by atoms with Gasteiger partial charge in [-0.25, -0.2) is 9.97 Å². The minimum absolute atomic E-state index is 0.383. The Morgan fingerprint density at radius 2 is 1.89 bits per heavy atom. The molecule has 0 spiro atoms. The van der Waals surface area contributed by atoms with Crippen molar-refractivity contribution < 1.29 is 4.74 Å². The standard InChI is InChI=1S/C22H23N5O/c23-21(16-8-10-19(11-9-16)28-18-6-2-1-3-7-18)20-14-24-15-27-22(20)26-13-17-5-4-12-25-17/h1-3,6-11,14-15,17,23,25H,4-5,12-13H2,(H,24,26,27)/t17-/m1/s1. The van der Waals surface area contributed by atoms with Crippen LogP contribution in [0.3, 0.4) is 0 Å². The van der Waals surface area contributed by atoms with E-state index in [0.29, 0.717) is 23.1 Å². The van der Waals surface area contributed by atoms with Gasteiger partial charge in [0, 0.05) is 24.3 Å². The number of nitrogens with zero attached hydrogens (tertiary/aromatic N) is 2. The molecule has 142 valence electrons. The highest BCUT2D eigenvalue weighted by molar-refractivity contribution is 6.13. The van der Waals surface area contributed by atoms with Crippen LogP contribution in [-0.4, -0.2) is 34.8 Å². The van der Waals surface area contributed by atoms with E-state index >= 15 is 0 Å². The van der Waals surface area contributed by atoms with Crippen LogP contribution in [0.25, 0.3) is 0 Å². The van der Waals surface area contributed by atoms with Crippen molar-refractivity contribution in [1.82, 2.24) is 15.3 Å². The molecule has 6 nitrogen and oxygen atoms in total. The zero-order valence-corrected chi connectivity index (χ0v) is 15.6. The molecule has 1 saturated heterocycles. The maximum atomic E-state index is 8.61. The summed E-state index contributed by atoms with van der Waals surface area (Å²) in [6, 6.07) is 17.6. The average molecular weight is 373 g/mol. The fourth-order valence-corrected chi connectivity index (χ4v) is 3.27. The van der Waals surface area contributed by atoms with Crippen molar-refractivity contribution in [3.63, 3.8) is 0 Å². The summed E-state index contributed by atoms with van der Waals surface area (Å²) in [7, 11) is 0. The summed E-state index contributed by atoms with van der Waals surface area (Å²) in [5.41, 5.74) is 1.86. The molecule has 0 unspecified atom stereocenters. The van der Waals surface area contributed by atoms with Gasteiger partial charge in [0.05, 0.1) is 11.3 Å². The Morgan fingerprint density at radius 1 is 1.11 bits per heavy atom. The average Bonchev–Trinajstić information content (AvgIpc) is 3.27. The summed E-state index contributed by atoms with van der Waals surface area (Å²) >= 11 is 0. The van der Waals surface area contributed by atoms with Gasteiger partial charge in [-0.15, -0.1) is 0 Å². The molecule has 1 fully saturated rings. The monoisotopic (exact) mass is 373 g/mol. The molecule has 1 atom stereocenters. The molecule has 1 aliphatic rings. The summed E-state index contributed by atoms with van der Waals surface area (Å²) in [5, 5.41) is 15.4. The van der Waals surface area contributed by atoms with Gasteiger partial charge in [0.2, 0.25) is 0 Å². The Hall–Kier alpha value is -3.25. The van der Waals surface area contributed by atoms with E-state index in [1.54, 1.807) is 6.20 Å². The SMILES string of the molecule is N=C(c1ccc(Oc2ccccc2)cc1)c1cncnc1NC[C@H]1CCCN1. The first-order chi connectivity index (χ1) is 13.8. The fraction of sp³-hybridized carbons (Fsp3) is 0.227. The quantitative estimate of drug-likeness (QED) is 0.548. The van der Waals surface area contributed by atoms with Crippen LogP contribution < -0.4 is 15.4 Å². The van der Waals surface area contributed by atoms with E-state index in [9.17, 15) is 0 Å². The minimum Gasteiger partial charge on any atom is -0.457 e. The molecule has 0 saturated carbocycles. The van der Waals surface area contributed by atoms with Crippen molar-refractivity contribution in [2.75, 3.05) is 18.4 Å². The van der Waals surface area contributed by atoms with Gasteiger partial charge in [0.25, 0.3) is 0 Å². The van der Waals surface area contributed by atoms with Gasteiger partial charge in [0.1, 0.15) is 23.6 Å². The van der Waals surface area contributed by atoms with Crippen molar-refractivity contribution >= 4 is 11.5 Å². The number of hydrogen-bond donors (Lipinski definition) is 3. The first-order valence-electron chi connectivity index (χ1n) is 9.49. The van der Waals surface area contributed by atoms with Gasteiger partial charge < -0.3 is 15.4 Å². The molecule has 4 rings (SSSR count). The molecule has 3 aromatic rings. The van der Waals surface area contributed by atoms with Gasteiger partial charge in [-0.2, -0.15) is 0 Å². The maximum absolute atomic E-state index is 8.61. The van der Waals surface area contributed by atoms with E-state index in [1.807, 2.05) is 54.6 Å². The molecule has 1 aliphatic heterocycles. The highest BCUT2D eigenvalue weighted by Crippen LogP contribution is 2.23. The van der Waals surface area contributed by atoms with E-state index in [1.165, 1.54) is 12.7 Å². The van der Waals surface area contributed by atoms with E-state index in [0.717, 1.165) is 36.6 Å². The lowest BCUT2D eigenvalue weighted by atomic mass is 10.0. The molecule has 0 bridgehead atoms. The number of anilines is 1. The largest absolute Gasteiger partial charge is 0.457 e. The zero-order valence-electron chi connectivity index (χ0n) is 15.6. The third-order valence-corrected chi connectivity index (χ3v) is 4.78. The zero-order chi connectivity index (χ0) is 19.2. The number of rotatable bonds is 7. The van der Waals surface area contributed by atoms with Crippen molar-refractivity contribution in [1.29, 1.82) is 5.41 Å². The van der Waals surface area contributed by atoms with Crippen molar-refractivity contribution in [2.45, 2.75) is 18.9 Å². The van der Waals surface area contributed by atoms with Gasteiger partial charge in [-0.05, 0) is 55.8 Å². The Labute approximate surface area is 164 Å². The van der Waals surface area contributed by atoms with Crippen LogP contribution in [-0.2, 0) is 0 Å². The van der Waals surface area contributed by atoms with Crippen LogP contribution in [0.5, 0.6) is 11.5 Å². The maximum Gasteiger partial charge on any atom is 0.138 e. The molecule has 2 aromatic carbocycles. The second kappa shape index (κ2) is 8.63. The molecule has 0 radical (unpaired) electrons. The van der Waals surface area contributed by atoms with E-state index in [4.69, 9.17) is 10.1 Å². The fourth-order valence-electron chi connectivity index (χ4n) is 3.27. The predicted molar refractivity (Wildman–Crippen MR) is 110 cm³/mol. The smallest absolute Gasteiger partial charge is 0.138 e. The van der Waals surface area contributed by atoms with Crippen LogP contribution in [0.1, 0.15) is 24.0 Å². The Balaban J connectivity index is 1.46. The topological polar surface area (TPSA) is 82.9 Å². The molecule has 3 N–H and O–H groups in total. The van der Waals surface area contributed by atoms with Gasteiger partial charge in [-0.1, -0.05) is 18.2 Å². The highest BCUT2D eigenvalue weighted by Gasteiger charge is 2.16. The van der Waals surface area contributed by atoms with Crippen LogP contribution in [0.15, 0.2) is 67.1 Å². The summed E-state index contributed by atoms with van der Waals surface area (Å²) in [5.74, 6) is 2.21. The van der Waals surface area contributed by atoms with Crippen LogP contribution >= 0.6 is 0 Å². The summed E-state index contributed by atoms with van der Waals surface area (Å²) in [6.45, 7) is 1.86. The number of hydrogen-bond acceptors (Lipinski definition) is 6. The number of nitrogens with one attached hydrogen (secondary N) is 3.